The number of carbonyl (C=O) groups excluding carboxylic acids is 2. The van der Waals surface area contributed by atoms with Gasteiger partial charge in [-0.1, -0.05) is 0 Å². The molecule has 0 saturated heterocycles. The predicted molar refractivity (Wildman–Crippen MR) is 88.0 cm³/mol. The van der Waals surface area contributed by atoms with Crippen molar-refractivity contribution in [3.05, 3.63) is 33.9 Å². The van der Waals surface area contributed by atoms with Crippen molar-refractivity contribution in [2.24, 2.45) is 0 Å². The average molecular weight is 335 g/mol. The van der Waals surface area contributed by atoms with E-state index in [1.54, 1.807) is 38.8 Å². The topological polar surface area (TPSA) is 93.0 Å². The van der Waals surface area contributed by atoms with Gasteiger partial charge in [-0.2, -0.15) is 0 Å². The molecule has 0 spiro atoms. The summed E-state index contributed by atoms with van der Waals surface area (Å²) in [5.41, 5.74) is 0.673. The molecule has 2 rings (SSSR count). The van der Waals surface area contributed by atoms with Gasteiger partial charge in [-0.15, -0.1) is 0 Å². The first-order valence-electron chi connectivity index (χ1n) is 7.60. The molecule has 2 amide bonds. The fourth-order valence-electron chi connectivity index (χ4n) is 2.41. The van der Waals surface area contributed by atoms with E-state index in [1.807, 2.05) is 0 Å². The molecule has 0 radical (unpaired) electrons. The summed E-state index contributed by atoms with van der Waals surface area (Å²) in [4.78, 5) is 37.4. The van der Waals surface area contributed by atoms with Crippen LogP contribution in [-0.4, -0.2) is 47.6 Å². The Hall–Kier alpha value is -2.64. The molecule has 1 heterocycles. The summed E-state index contributed by atoms with van der Waals surface area (Å²) in [5, 5.41) is 10.8. The molecule has 24 heavy (non-hydrogen) atoms. The molecule has 0 atom stereocenters. The third kappa shape index (κ3) is 4.01. The number of rotatable bonds is 4. The number of likely N-dealkylation sites (N-methyl/N-ethyl adjacent to an activating group) is 1. The minimum absolute atomic E-state index is 0.0331. The van der Waals surface area contributed by atoms with E-state index < -0.39 is 16.6 Å². The summed E-state index contributed by atoms with van der Waals surface area (Å²) < 4.78 is 5.26. The van der Waals surface area contributed by atoms with Crippen molar-refractivity contribution in [2.75, 3.05) is 25.0 Å². The lowest BCUT2D eigenvalue weighted by molar-refractivity contribution is -0.384. The number of hydrogen-bond donors (Lipinski definition) is 0. The Kier molecular flexibility index (Phi) is 4.77. The zero-order chi connectivity index (χ0) is 18.1. The molecular formula is C16H21N3O5. The molecule has 1 aliphatic heterocycles. The van der Waals surface area contributed by atoms with Gasteiger partial charge in [-0.25, -0.2) is 4.79 Å². The number of nitrogens with zero attached hydrogens (tertiary/aromatic N) is 3. The van der Waals surface area contributed by atoms with Gasteiger partial charge in [0.2, 0.25) is 5.91 Å². The smallest absolute Gasteiger partial charge is 0.410 e. The van der Waals surface area contributed by atoms with Crippen LogP contribution in [-0.2, 0) is 16.0 Å². The summed E-state index contributed by atoms with van der Waals surface area (Å²) >= 11 is 0. The first-order chi connectivity index (χ1) is 11.1. The predicted octanol–water partition coefficient (Wildman–Crippen LogP) is 2.35. The number of nitro benzene ring substituents is 1. The Balaban J connectivity index is 2.03. The number of amides is 2. The lowest BCUT2D eigenvalue weighted by Gasteiger charge is -2.26. The van der Waals surface area contributed by atoms with Gasteiger partial charge in [0, 0.05) is 38.0 Å². The van der Waals surface area contributed by atoms with Crippen LogP contribution in [0.2, 0.25) is 0 Å². The quantitative estimate of drug-likeness (QED) is 0.622. The summed E-state index contributed by atoms with van der Waals surface area (Å²) in [7, 11) is 1.60. The van der Waals surface area contributed by atoms with Crippen LogP contribution in [0.3, 0.4) is 0 Å². The van der Waals surface area contributed by atoms with Crippen LogP contribution < -0.4 is 4.90 Å². The van der Waals surface area contributed by atoms with Crippen molar-refractivity contribution in [1.82, 2.24) is 4.90 Å². The monoisotopic (exact) mass is 335 g/mol. The summed E-state index contributed by atoms with van der Waals surface area (Å²) in [6.07, 6.45) is -0.328. The minimum atomic E-state index is -0.583. The number of benzene rings is 1. The van der Waals surface area contributed by atoms with E-state index in [1.165, 1.54) is 17.0 Å². The maximum Gasteiger partial charge on any atom is 0.410 e. The van der Waals surface area contributed by atoms with Gasteiger partial charge in [-0.3, -0.25) is 14.9 Å². The lowest BCUT2D eigenvalue weighted by Crippen LogP contribution is -2.40. The summed E-state index contributed by atoms with van der Waals surface area (Å²) in [5.74, 6) is -0.136. The molecule has 0 saturated carbocycles. The van der Waals surface area contributed by atoms with Crippen LogP contribution in [0.15, 0.2) is 18.2 Å². The standard InChI is InChI=1S/C16H21N3O5/c1-16(2,3)24-15(21)17(4)7-8-18-13-6-5-12(19(22)23)9-11(13)10-14(18)20/h5-6,9H,7-8,10H2,1-4H3. The SMILES string of the molecule is CN(CCN1C(=O)Cc2cc([N+](=O)[O-])ccc21)C(=O)OC(C)(C)C. The Bertz CT molecular complexity index is 681. The fourth-order valence-corrected chi connectivity index (χ4v) is 2.41. The highest BCUT2D eigenvalue weighted by Crippen LogP contribution is 2.31. The van der Waals surface area contributed by atoms with E-state index in [0.29, 0.717) is 24.3 Å². The number of non-ortho nitro benzene ring substituents is 1. The van der Waals surface area contributed by atoms with Crippen molar-refractivity contribution in [2.45, 2.75) is 32.8 Å². The molecule has 0 bridgehead atoms. The Morgan fingerprint density at radius 3 is 2.67 bits per heavy atom. The van der Waals surface area contributed by atoms with Crippen LogP contribution >= 0.6 is 0 Å². The van der Waals surface area contributed by atoms with Gasteiger partial charge in [0.1, 0.15) is 5.60 Å². The molecule has 130 valence electrons. The van der Waals surface area contributed by atoms with Gasteiger partial charge < -0.3 is 14.5 Å². The third-order valence-electron chi connectivity index (χ3n) is 3.57. The van der Waals surface area contributed by atoms with E-state index >= 15 is 0 Å². The number of hydrogen-bond acceptors (Lipinski definition) is 5. The van der Waals surface area contributed by atoms with Crippen molar-refractivity contribution in [1.29, 1.82) is 0 Å². The van der Waals surface area contributed by atoms with E-state index in [-0.39, 0.29) is 18.0 Å². The van der Waals surface area contributed by atoms with Gasteiger partial charge in [0.15, 0.2) is 0 Å². The maximum absolute atomic E-state index is 12.1. The van der Waals surface area contributed by atoms with Crippen molar-refractivity contribution < 1.29 is 19.2 Å². The third-order valence-corrected chi connectivity index (χ3v) is 3.57. The Morgan fingerprint density at radius 1 is 1.42 bits per heavy atom. The average Bonchev–Trinajstić information content (AvgIpc) is 2.77. The number of anilines is 1. The molecule has 0 fully saturated rings. The molecule has 8 nitrogen and oxygen atoms in total. The highest BCUT2D eigenvalue weighted by Gasteiger charge is 2.29. The minimum Gasteiger partial charge on any atom is -0.444 e. The van der Waals surface area contributed by atoms with Gasteiger partial charge >= 0.3 is 6.09 Å². The zero-order valence-electron chi connectivity index (χ0n) is 14.2. The van der Waals surface area contributed by atoms with E-state index in [4.69, 9.17) is 4.74 Å². The number of nitro groups is 1. The second-order valence-electron chi connectivity index (χ2n) is 6.69. The Morgan fingerprint density at radius 2 is 2.08 bits per heavy atom. The van der Waals surface area contributed by atoms with Crippen molar-refractivity contribution >= 4 is 23.4 Å². The summed E-state index contributed by atoms with van der Waals surface area (Å²) in [6, 6.07) is 4.37. The molecule has 1 aliphatic rings. The van der Waals surface area contributed by atoms with E-state index in [2.05, 4.69) is 0 Å². The molecule has 1 aromatic rings. The van der Waals surface area contributed by atoms with Crippen LogP contribution in [0.5, 0.6) is 0 Å². The molecule has 8 heteroatoms. The summed E-state index contributed by atoms with van der Waals surface area (Å²) in [6.45, 7) is 5.96. The first kappa shape index (κ1) is 17.7. The number of ether oxygens (including phenoxy) is 1. The largest absolute Gasteiger partial charge is 0.444 e. The zero-order valence-corrected chi connectivity index (χ0v) is 14.2. The van der Waals surface area contributed by atoms with Gasteiger partial charge in [0.05, 0.1) is 11.3 Å². The second-order valence-corrected chi connectivity index (χ2v) is 6.69. The molecule has 0 aliphatic carbocycles. The van der Waals surface area contributed by atoms with Crippen LogP contribution in [0, 0.1) is 10.1 Å². The van der Waals surface area contributed by atoms with Gasteiger partial charge in [-0.05, 0) is 32.4 Å². The van der Waals surface area contributed by atoms with Crippen LogP contribution in [0.4, 0.5) is 16.2 Å². The highest BCUT2D eigenvalue weighted by atomic mass is 16.6. The lowest BCUT2D eigenvalue weighted by atomic mass is 10.1. The van der Waals surface area contributed by atoms with E-state index in [9.17, 15) is 19.7 Å². The van der Waals surface area contributed by atoms with Gasteiger partial charge in [0.25, 0.3) is 5.69 Å². The Labute approximate surface area is 140 Å². The maximum atomic E-state index is 12.1. The fraction of sp³-hybridized carbons (Fsp3) is 0.500. The number of carbonyl (C=O) groups is 2. The van der Waals surface area contributed by atoms with Crippen molar-refractivity contribution in [3.63, 3.8) is 0 Å². The first-order valence-corrected chi connectivity index (χ1v) is 7.60. The molecule has 0 aromatic heterocycles. The van der Waals surface area contributed by atoms with Crippen LogP contribution in [0.1, 0.15) is 26.3 Å². The second kappa shape index (κ2) is 6.46. The van der Waals surface area contributed by atoms with Crippen LogP contribution in [0.25, 0.3) is 0 Å². The number of fused-ring (bicyclic) bond motifs is 1. The molecule has 0 N–H and O–H groups in total. The molecule has 0 unspecified atom stereocenters. The highest BCUT2D eigenvalue weighted by molar-refractivity contribution is 6.01. The van der Waals surface area contributed by atoms with E-state index in [0.717, 1.165) is 0 Å². The van der Waals surface area contributed by atoms with Crippen molar-refractivity contribution in [3.8, 4) is 0 Å². The molecule has 1 aromatic carbocycles. The normalized spacial score (nSPS) is 13.7. The molecular weight excluding hydrogens is 314 g/mol.